The van der Waals surface area contributed by atoms with Gasteiger partial charge < -0.3 is 15.4 Å². The summed E-state index contributed by atoms with van der Waals surface area (Å²) in [4.78, 5) is 0. The van der Waals surface area contributed by atoms with Crippen molar-refractivity contribution in [3.8, 4) is 0 Å². The molecule has 1 aromatic rings. The molecule has 0 aromatic heterocycles. The first-order valence-electron chi connectivity index (χ1n) is 5.92. The second kappa shape index (κ2) is 5.99. The number of fused-ring (bicyclic) bond motifs is 1. The summed E-state index contributed by atoms with van der Waals surface area (Å²) in [6, 6.07) is 9.12. The molecule has 3 heteroatoms. The van der Waals surface area contributed by atoms with Crippen LogP contribution in [0.5, 0.6) is 0 Å². The van der Waals surface area contributed by atoms with Gasteiger partial charge in [-0.3, -0.25) is 0 Å². The summed E-state index contributed by atoms with van der Waals surface area (Å²) in [6.45, 7) is 3.74. The van der Waals surface area contributed by atoms with Gasteiger partial charge in [0.15, 0.2) is 0 Å². The number of hydrogen-bond donors (Lipinski definition) is 2. The topological polar surface area (TPSA) is 33.3 Å². The first-order chi connectivity index (χ1) is 7.92. The smallest absolute Gasteiger partial charge is 0.0587 e. The zero-order valence-electron chi connectivity index (χ0n) is 9.83. The summed E-state index contributed by atoms with van der Waals surface area (Å²) in [7, 11) is 1.74. The Balaban J connectivity index is 2.06. The van der Waals surface area contributed by atoms with Crippen LogP contribution in [0.25, 0.3) is 0 Å². The Kier molecular flexibility index (Phi) is 4.34. The Morgan fingerprint density at radius 3 is 3.19 bits per heavy atom. The summed E-state index contributed by atoms with van der Waals surface area (Å²) in [6.07, 6.45) is 1.14. The van der Waals surface area contributed by atoms with Gasteiger partial charge in [0.25, 0.3) is 0 Å². The summed E-state index contributed by atoms with van der Waals surface area (Å²) in [5, 5.41) is 7.01. The number of rotatable bonds is 4. The molecule has 0 saturated carbocycles. The van der Waals surface area contributed by atoms with E-state index >= 15 is 0 Å². The van der Waals surface area contributed by atoms with Gasteiger partial charge in [-0.2, -0.15) is 0 Å². The molecule has 1 aromatic carbocycles. The highest BCUT2D eigenvalue weighted by Gasteiger charge is 2.16. The quantitative estimate of drug-likeness (QED) is 0.754. The molecule has 0 spiro atoms. The van der Waals surface area contributed by atoms with E-state index in [0.717, 1.165) is 32.7 Å². The Bertz CT molecular complexity index is 327. The van der Waals surface area contributed by atoms with Crippen LogP contribution in [-0.4, -0.2) is 26.8 Å². The minimum absolute atomic E-state index is 0.460. The van der Waals surface area contributed by atoms with Crippen molar-refractivity contribution >= 4 is 0 Å². The molecule has 1 unspecified atom stereocenters. The van der Waals surface area contributed by atoms with Crippen LogP contribution in [0.15, 0.2) is 24.3 Å². The zero-order chi connectivity index (χ0) is 11.2. The van der Waals surface area contributed by atoms with Crippen molar-refractivity contribution in [2.45, 2.75) is 19.0 Å². The van der Waals surface area contributed by atoms with E-state index < -0.39 is 0 Å². The van der Waals surface area contributed by atoms with Gasteiger partial charge in [0.2, 0.25) is 0 Å². The number of ether oxygens (including phenoxy) is 1. The maximum atomic E-state index is 5.07. The molecule has 0 saturated heterocycles. The third-order valence-corrected chi connectivity index (χ3v) is 3.05. The van der Waals surface area contributed by atoms with Crippen molar-refractivity contribution in [3.05, 3.63) is 35.4 Å². The van der Waals surface area contributed by atoms with Crippen LogP contribution in [0, 0.1) is 0 Å². The molecule has 0 radical (unpaired) electrons. The molecule has 1 aliphatic rings. The Hall–Kier alpha value is -0.900. The van der Waals surface area contributed by atoms with Gasteiger partial charge >= 0.3 is 0 Å². The molecule has 2 N–H and O–H groups in total. The lowest BCUT2D eigenvalue weighted by molar-refractivity contribution is 0.195. The Labute approximate surface area is 97.2 Å². The van der Waals surface area contributed by atoms with Crippen molar-refractivity contribution in [1.29, 1.82) is 0 Å². The van der Waals surface area contributed by atoms with Crippen LogP contribution in [0.3, 0.4) is 0 Å². The molecule has 0 bridgehead atoms. The molecule has 1 aliphatic heterocycles. The van der Waals surface area contributed by atoms with Crippen LogP contribution in [0.4, 0.5) is 0 Å². The predicted molar refractivity (Wildman–Crippen MR) is 65.4 cm³/mol. The van der Waals surface area contributed by atoms with Gasteiger partial charge in [0, 0.05) is 26.2 Å². The molecule has 1 atom stereocenters. The van der Waals surface area contributed by atoms with E-state index in [2.05, 4.69) is 34.9 Å². The van der Waals surface area contributed by atoms with Gasteiger partial charge in [0.05, 0.1) is 6.61 Å². The normalized spacial score (nSPS) is 20.2. The van der Waals surface area contributed by atoms with Gasteiger partial charge in [-0.1, -0.05) is 24.3 Å². The van der Waals surface area contributed by atoms with Gasteiger partial charge in [-0.05, 0) is 24.1 Å². The molecule has 2 rings (SSSR count). The van der Waals surface area contributed by atoms with E-state index in [-0.39, 0.29) is 0 Å². The Morgan fingerprint density at radius 1 is 1.44 bits per heavy atom. The third-order valence-electron chi connectivity index (χ3n) is 3.05. The SMILES string of the molecule is COCCNC1CCNCc2ccccc21. The van der Waals surface area contributed by atoms with E-state index in [0.29, 0.717) is 6.04 Å². The summed E-state index contributed by atoms with van der Waals surface area (Å²) >= 11 is 0. The van der Waals surface area contributed by atoms with Gasteiger partial charge in [-0.15, -0.1) is 0 Å². The van der Waals surface area contributed by atoms with E-state index in [1.54, 1.807) is 7.11 Å². The van der Waals surface area contributed by atoms with Crippen LogP contribution in [-0.2, 0) is 11.3 Å². The zero-order valence-corrected chi connectivity index (χ0v) is 9.83. The van der Waals surface area contributed by atoms with Crippen molar-refractivity contribution in [2.75, 3.05) is 26.8 Å². The van der Waals surface area contributed by atoms with Crippen LogP contribution in [0.2, 0.25) is 0 Å². The molecule has 88 valence electrons. The fourth-order valence-corrected chi connectivity index (χ4v) is 2.21. The van der Waals surface area contributed by atoms with Crippen LogP contribution in [0.1, 0.15) is 23.6 Å². The largest absolute Gasteiger partial charge is 0.383 e. The van der Waals surface area contributed by atoms with E-state index in [1.165, 1.54) is 11.1 Å². The third kappa shape index (κ3) is 2.82. The first kappa shape index (κ1) is 11.6. The molecule has 0 amide bonds. The molecule has 16 heavy (non-hydrogen) atoms. The molecule has 3 nitrogen and oxygen atoms in total. The molecule has 1 heterocycles. The Morgan fingerprint density at radius 2 is 2.31 bits per heavy atom. The monoisotopic (exact) mass is 220 g/mol. The predicted octanol–water partition coefficient (Wildman–Crippen LogP) is 1.46. The fourth-order valence-electron chi connectivity index (χ4n) is 2.21. The number of benzene rings is 1. The van der Waals surface area contributed by atoms with E-state index in [1.807, 2.05) is 0 Å². The molecule has 0 aliphatic carbocycles. The van der Waals surface area contributed by atoms with Gasteiger partial charge in [0.1, 0.15) is 0 Å². The van der Waals surface area contributed by atoms with Crippen LogP contribution < -0.4 is 10.6 Å². The lowest BCUT2D eigenvalue weighted by Crippen LogP contribution is -2.26. The second-order valence-corrected chi connectivity index (χ2v) is 4.16. The molecule has 0 fully saturated rings. The highest BCUT2D eigenvalue weighted by atomic mass is 16.5. The maximum Gasteiger partial charge on any atom is 0.0587 e. The highest BCUT2D eigenvalue weighted by Crippen LogP contribution is 2.22. The van der Waals surface area contributed by atoms with Crippen molar-refractivity contribution < 1.29 is 4.74 Å². The minimum Gasteiger partial charge on any atom is -0.383 e. The average molecular weight is 220 g/mol. The van der Waals surface area contributed by atoms with Crippen LogP contribution >= 0.6 is 0 Å². The minimum atomic E-state index is 0.460. The van der Waals surface area contributed by atoms with E-state index in [9.17, 15) is 0 Å². The molecular formula is C13H20N2O. The standard InChI is InChI=1S/C13H20N2O/c1-16-9-8-15-13-6-7-14-10-11-4-2-3-5-12(11)13/h2-5,13-15H,6-10H2,1H3. The molecular weight excluding hydrogens is 200 g/mol. The number of hydrogen-bond acceptors (Lipinski definition) is 3. The fraction of sp³-hybridized carbons (Fsp3) is 0.538. The van der Waals surface area contributed by atoms with E-state index in [4.69, 9.17) is 4.74 Å². The lowest BCUT2D eigenvalue weighted by Gasteiger charge is -2.18. The summed E-state index contributed by atoms with van der Waals surface area (Å²) in [5.41, 5.74) is 2.85. The second-order valence-electron chi connectivity index (χ2n) is 4.16. The van der Waals surface area contributed by atoms with Gasteiger partial charge in [-0.25, -0.2) is 0 Å². The summed E-state index contributed by atoms with van der Waals surface area (Å²) in [5.74, 6) is 0. The first-order valence-corrected chi connectivity index (χ1v) is 5.92. The number of methoxy groups -OCH3 is 1. The van der Waals surface area contributed by atoms with Crippen molar-refractivity contribution in [1.82, 2.24) is 10.6 Å². The lowest BCUT2D eigenvalue weighted by atomic mass is 9.99. The maximum absolute atomic E-state index is 5.07. The van der Waals surface area contributed by atoms with Crippen molar-refractivity contribution in [3.63, 3.8) is 0 Å². The average Bonchev–Trinajstić information content (AvgIpc) is 2.52. The number of nitrogens with one attached hydrogen (secondary N) is 2. The highest BCUT2D eigenvalue weighted by molar-refractivity contribution is 5.30. The summed E-state index contributed by atoms with van der Waals surface area (Å²) < 4.78 is 5.07. The van der Waals surface area contributed by atoms with Crippen molar-refractivity contribution in [2.24, 2.45) is 0 Å².